The van der Waals surface area contributed by atoms with Gasteiger partial charge < -0.3 is 20.3 Å². The number of anilines is 1. The van der Waals surface area contributed by atoms with Crippen LogP contribution in [0.15, 0.2) is 18.3 Å². The first-order valence-electron chi connectivity index (χ1n) is 9.35. The fraction of sp³-hybridized carbons (Fsp3) is 0.474. The molecule has 0 bridgehead atoms. The van der Waals surface area contributed by atoms with E-state index < -0.39 is 29.3 Å². The molecule has 0 radical (unpaired) electrons. The largest absolute Gasteiger partial charge is 0.481 e. The van der Waals surface area contributed by atoms with Crippen molar-refractivity contribution in [3.63, 3.8) is 0 Å². The molecular formula is C19H25F2N3O4. The number of benzene rings is 1. The summed E-state index contributed by atoms with van der Waals surface area (Å²) in [5.41, 5.74) is 6.43. The number of carboxylic acids is 1. The molecule has 2 rings (SSSR count). The number of carboxylic acid groups (broad SMARTS) is 1. The highest BCUT2D eigenvalue weighted by Crippen LogP contribution is 2.38. The molecule has 0 fully saturated rings. The van der Waals surface area contributed by atoms with Crippen molar-refractivity contribution in [1.82, 2.24) is 9.78 Å². The molecule has 1 aromatic carbocycles. The van der Waals surface area contributed by atoms with Crippen molar-refractivity contribution < 1.29 is 29.5 Å². The molecule has 154 valence electrons. The zero-order chi connectivity index (χ0) is 21.8. The number of aromatic nitrogens is 2. The minimum absolute atomic E-state index is 0.102. The van der Waals surface area contributed by atoms with Crippen LogP contribution in [0.5, 0.6) is 0 Å². The van der Waals surface area contributed by atoms with Crippen molar-refractivity contribution in [2.24, 2.45) is 12.9 Å². The second kappa shape index (κ2) is 8.66. The fourth-order valence-electron chi connectivity index (χ4n) is 3.12. The second-order valence-electron chi connectivity index (χ2n) is 6.56. The molecule has 28 heavy (non-hydrogen) atoms. The zero-order valence-electron chi connectivity index (χ0n) is 17.0. The van der Waals surface area contributed by atoms with Crippen LogP contribution in [-0.4, -0.2) is 35.1 Å². The van der Waals surface area contributed by atoms with Gasteiger partial charge in [-0.25, -0.2) is 8.78 Å². The van der Waals surface area contributed by atoms with Crippen molar-refractivity contribution in [2.75, 3.05) is 20.0 Å². The van der Waals surface area contributed by atoms with Gasteiger partial charge >= 0.3 is 5.97 Å². The first kappa shape index (κ1) is 20.2. The van der Waals surface area contributed by atoms with E-state index in [9.17, 15) is 13.6 Å². The topological polar surface area (TPSA) is 99.6 Å². The summed E-state index contributed by atoms with van der Waals surface area (Å²) in [6, 6.07) is 2.33. The van der Waals surface area contributed by atoms with E-state index in [1.54, 1.807) is 6.92 Å². The molecular weight excluding hydrogens is 372 g/mol. The molecule has 1 atom stereocenters. The molecule has 0 unspecified atom stereocenters. The summed E-state index contributed by atoms with van der Waals surface area (Å²) in [6.07, 6.45) is 2.09. The minimum atomic E-state index is -1.63. The Morgan fingerprint density at radius 3 is 2.68 bits per heavy atom. The Morgan fingerprint density at radius 2 is 2.11 bits per heavy atom. The first-order chi connectivity index (χ1) is 13.7. The van der Waals surface area contributed by atoms with Gasteiger partial charge in [-0.1, -0.05) is 6.92 Å². The molecule has 0 aliphatic carbocycles. The third-order valence-corrected chi connectivity index (χ3v) is 4.80. The average molecular weight is 398 g/mol. The first-order valence-corrected chi connectivity index (χ1v) is 8.64. The van der Waals surface area contributed by atoms with Gasteiger partial charge in [0.25, 0.3) is 0 Å². The lowest BCUT2D eigenvalue weighted by Crippen LogP contribution is -2.32. The lowest BCUT2D eigenvalue weighted by atomic mass is 9.93. The van der Waals surface area contributed by atoms with E-state index in [0.717, 1.165) is 6.07 Å². The molecule has 1 heterocycles. The fourth-order valence-corrected chi connectivity index (χ4v) is 3.12. The molecule has 1 aromatic heterocycles. The van der Waals surface area contributed by atoms with Gasteiger partial charge in [0.05, 0.1) is 29.1 Å². The van der Waals surface area contributed by atoms with Crippen LogP contribution in [0.25, 0.3) is 11.3 Å². The number of nitrogens with two attached hydrogens (primary N) is 1. The van der Waals surface area contributed by atoms with E-state index in [0.29, 0.717) is 12.8 Å². The number of carbonyl (C=O) groups is 1. The summed E-state index contributed by atoms with van der Waals surface area (Å²) in [5, 5.41) is 13.0. The van der Waals surface area contributed by atoms with Crippen LogP contribution in [0.1, 0.15) is 33.1 Å². The maximum absolute atomic E-state index is 14.8. The van der Waals surface area contributed by atoms with E-state index in [-0.39, 0.29) is 36.0 Å². The number of aryl methyl sites for hydroxylation is 1. The number of rotatable bonds is 9. The van der Waals surface area contributed by atoms with Gasteiger partial charge in [0, 0.05) is 34.6 Å². The van der Waals surface area contributed by atoms with Crippen molar-refractivity contribution in [3.8, 4) is 11.3 Å². The summed E-state index contributed by atoms with van der Waals surface area (Å²) in [4.78, 5) is 11.0. The highest BCUT2D eigenvalue weighted by atomic mass is 19.2. The molecule has 7 nitrogen and oxygen atoms in total. The number of aliphatic carboxylic acids is 1. The lowest BCUT2D eigenvalue weighted by molar-refractivity contribution is -0.223. The normalized spacial score (nSPS) is 13.4. The van der Waals surface area contributed by atoms with E-state index in [2.05, 4.69) is 5.10 Å². The van der Waals surface area contributed by atoms with E-state index in [4.69, 9.17) is 21.7 Å². The van der Waals surface area contributed by atoms with Crippen LogP contribution in [0.3, 0.4) is 0 Å². The van der Waals surface area contributed by atoms with Gasteiger partial charge in [-0.05, 0) is 25.0 Å². The Balaban J connectivity index is 2.50. The molecule has 0 spiro atoms. The van der Waals surface area contributed by atoms with Crippen LogP contribution in [0.2, 0.25) is 0 Å². The van der Waals surface area contributed by atoms with Crippen LogP contribution in [0, 0.1) is 17.6 Å². The summed E-state index contributed by atoms with van der Waals surface area (Å²) in [7, 11) is 2.35. The number of halogens is 2. The standard InChI is InChI=1S/C19H25F2N3O4/c1-11(18(25)26)6-5-7-19(27-3,28-4)13-8-12(9-14(20)16(13)21)17-15(22)10-23-24(17)2/h8-11H,5-7,22H2,1-4H3,(H,25,26)/t11-/m1/s1/i2D. The van der Waals surface area contributed by atoms with Gasteiger partial charge in [0.1, 0.15) is 0 Å². The number of nitrogen functional groups attached to an aromatic ring is 1. The quantitative estimate of drug-likeness (QED) is 0.629. The third kappa shape index (κ3) is 4.15. The lowest BCUT2D eigenvalue weighted by Gasteiger charge is -2.32. The molecule has 2 aromatic rings. The van der Waals surface area contributed by atoms with Gasteiger partial charge in [0.15, 0.2) is 17.4 Å². The van der Waals surface area contributed by atoms with Crippen molar-refractivity contribution in [3.05, 3.63) is 35.5 Å². The van der Waals surface area contributed by atoms with Gasteiger partial charge in [0.2, 0.25) is 0 Å². The predicted octanol–water partition coefficient (Wildman–Crippen LogP) is 3.28. The SMILES string of the molecule is [2H]Cn1ncc(N)c1-c1cc(F)c(F)c(C(CCC[C@@H](C)C(=O)O)(OC)OC)c1. The summed E-state index contributed by atoms with van der Waals surface area (Å²) >= 11 is 0. The highest BCUT2D eigenvalue weighted by molar-refractivity contribution is 5.73. The summed E-state index contributed by atoms with van der Waals surface area (Å²) in [6.45, 7) is 1.56. The Labute approximate surface area is 163 Å². The summed E-state index contributed by atoms with van der Waals surface area (Å²) < 4.78 is 48.9. The highest BCUT2D eigenvalue weighted by Gasteiger charge is 2.37. The predicted molar refractivity (Wildman–Crippen MR) is 99.3 cm³/mol. The van der Waals surface area contributed by atoms with Gasteiger partial charge in [-0.15, -0.1) is 0 Å². The number of nitrogens with zero attached hydrogens (tertiary/aromatic N) is 2. The third-order valence-electron chi connectivity index (χ3n) is 4.80. The zero-order valence-corrected chi connectivity index (χ0v) is 16.0. The van der Waals surface area contributed by atoms with E-state index in [1.165, 1.54) is 31.2 Å². The molecule has 0 amide bonds. The van der Waals surface area contributed by atoms with Crippen molar-refractivity contribution >= 4 is 11.7 Å². The molecule has 0 saturated carbocycles. The monoisotopic (exact) mass is 398 g/mol. The molecule has 9 heteroatoms. The Morgan fingerprint density at radius 1 is 1.43 bits per heavy atom. The van der Waals surface area contributed by atoms with Crippen LogP contribution in [-0.2, 0) is 27.1 Å². The van der Waals surface area contributed by atoms with Crippen LogP contribution in [0.4, 0.5) is 14.5 Å². The van der Waals surface area contributed by atoms with Gasteiger partial charge in [-0.2, -0.15) is 5.10 Å². The summed E-state index contributed by atoms with van der Waals surface area (Å²) in [5.74, 6) is -5.43. The Kier molecular flexibility index (Phi) is 6.25. The Bertz CT molecular complexity index is 871. The van der Waals surface area contributed by atoms with Crippen LogP contribution < -0.4 is 5.73 Å². The molecule has 0 saturated heterocycles. The van der Waals surface area contributed by atoms with E-state index in [1.807, 2.05) is 0 Å². The van der Waals surface area contributed by atoms with Gasteiger partial charge in [-0.3, -0.25) is 9.48 Å². The molecule has 0 aliphatic rings. The van der Waals surface area contributed by atoms with Crippen LogP contribution >= 0.6 is 0 Å². The Hall–Kier alpha value is -2.52. The number of hydrogen-bond acceptors (Lipinski definition) is 5. The number of ether oxygens (including phenoxy) is 2. The van der Waals surface area contributed by atoms with Crippen molar-refractivity contribution in [2.45, 2.75) is 32.0 Å². The maximum Gasteiger partial charge on any atom is 0.306 e. The number of methoxy groups -OCH3 is 2. The molecule has 0 aliphatic heterocycles. The van der Waals surface area contributed by atoms with E-state index >= 15 is 0 Å². The minimum Gasteiger partial charge on any atom is -0.481 e. The second-order valence-corrected chi connectivity index (χ2v) is 6.56. The smallest absolute Gasteiger partial charge is 0.306 e. The average Bonchev–Trinajstić information content (AvgIpc) is 3.08. The number of hydrogen-bond donors (Lipinski definition) is 2. The molecule has 3 N–H and O–H groups in total. The van der Waals surface area contributed by atoms with Crippen molar-refractivity contribution in [1.29, 1.82) is 0 Å². The maximum atomic E-state index is 14.8.